The molecule has 0 amide bonds. The maximum atomic E-state index is 11.6. The first kappa shape index (κ1) is 12.7. The number of hydrogen-bond acceptors (Lipinski definition) is 4. The molecule has 2 aromatic heterocycles. The van der Waals surface area contributed by atoms with Crippen molar-refractivity contribution in [2.24, 2.45) is 0 Å². The zero-order valence-corrected chi connectivity index (χ0v) is 11.9. The molecule has 4 rings (SSSR count). The van der Waals surface area contributed by atoms with Crippen LogP contribution in [0.4, 0.5) is 11.6 Å². The fourth-order valence-corrected chi connectivity index (χ4v) is 2.62. The summed E-state index contributed by atoms with van der Waals surface area (Å²) in [5.74, 6) is 0.609. The highest BCUT2D eigenvalue weighted by atomic mass is 16.4. The van der Waals surface area contributed by atoms with Crippen LogP contribution in [-0.4, -0.2) is 0 Å². The number of furan rings is 1. The quantitative estimate of drug-likeness (QED) is 0.549. The molecule has 0 saturated carbocycles. The van der Waals surface area contributed by atoms with Crippen molar-refractivity contribution in [1.29, 1.82) is 0 Å². The molecule has 108 valence electrons. The molecule has 2 heterocycles. The maximum absolute atomic E-state index is 11.6. The van der Waals surface area contributed by atoms with Gasteiger partial charge >= 0.3 is 5.63 Å². The van der Waals surface area contributed by atoms with Gasteiger partial charge in [-0.1, -0.05) is 18.2 Å². The summed E-state index contributed by atoms with van der Waals surface area (Å²) in [4.78, 5) is 11.6. The zero-order chi connectivity index (χ0) is 15.1. The molecule has 0 aliphatic heterocycles. The molecule has 1 N–H and O–H groups in total. The van der Waals surface area contributed by atoms with Gasteiger partial charge in [-0.25, -0.2) is 4.79 Å². The number of benzene rings is 2. The lowest BCUT2D eigenvalue weighted by atomic mass is 10.1. The van der Waals surface area contributed by atoms with Crippen LogP contribution >= 0.6 is 0 Å². The third-order valence-electron chi connectivity index (χ3n) is 3.65. The van der Waals surface area contributed by atoms with Gasteiger partial charge < -0.3 is 14.2 Å². The predicted octanol–water partition coefficient (Wildman–Crippen LogP) is 4.59. The predicted molar refractivity (Wildman–Crippen MR) is 86.7 cm³/mol. The molecule has 4 nitrogen and oxygen atoms in total. The van der Waals surface area contributed by atoms with Gasteiger partial charge in [0, 0.05) is 23.2 Å². The van der Waals surface area contributed by atoms with Gasteiger partial charge in [0.2, 0.25) is 0 Å². The van der Waals surface area contributed by atoms with E-state index in [1.165, 1.54) is 6.07 Å². The SMILES string of the molecule is Cc1cc(=O)oc2c1ccc1oc(Nc3ccccc3)cc12. The molecule has 4 aromatic rings. The molecule has 22 heavy (non-hydrogen) atoms. The van der Waals surface area contributed by atoms with E-state index < -0.39 is 0 Å². The summed E-state index contributed by atoms with van der Waals surface area (Å²) in [7, 11) is 0. The van der Waals surface area contributed by atoms with Crippen LogP contribution in [0.5, 0.6) is 0 Å². The average molecular weight is 291 g/mol. The van der Waals surface area contributed by atoms with Gasteiger partial charge in [0.25, 0.3) is 0 Å². The summed E-state index contributed by atoms with van der Waals surface area (Å²) in [6.45, 7) is 1.90. The summed E-state index contributed by atoms with van der Waals surface area (Å²) >= 11 is 0. The van der Waals surface area contributed by atoms with E-state index in [2.05, 4.69) is 5.32 Å². The largest absolute Gasteiger partial charge is 0.440 e. The molecule has 0 aliphatic carbocycles. The van der Waals surface area contributed by atoms with E-state index in [1.54, 1.807) is 0 Å². The van der Waals surface area contributed by atoms with Crippen molar-refractivity contribution < 1.29 is 8.83 Å². The van der Waals surface area contributed by atoms with E-state index in [4.69, 9.17) is 8.83 Å². The van der Waals surface area contributed by atoms with E-state index >= 15 is 0 Å². The fraction of sp³-hybridized carbons (Fsp3) is 0.0556. The Morgan fingerprint density at radius 3 is 2.55 bits per heavy atom. The van der Waals surface area contributed by atoms with Gasteiger partial charge in [0.05, 0.1) is 5.39 Å². The fourth-order valence-electron chi connectivity index (χ4n) is 2.62. The standard InChI is InChI=1S/C18H13NO3/c1-11-9-17(20)22-18-13(11)7-8-15-14(18)10-16(21-15)19-12-5-3-2-4-6-12/h2-10,19H,1H3. The summed E-state index contributed by atoms with van der Waals surface area (Å²) in [5, 5.41) is 4.91. The monoisotopic (exact) mass is 291 g/mol. The second-order valence-corrected chi connectivity index (χ2v) is 5.20. The molecular weight excluding hydrogens is 278 g/mol. The molecule has 0 radical (unpaired) electrons. The number of anilines is 2. The second-order valence-electron chi connectivity index (χ2n) is 5.20. The molecule has 4 heteroatoms. The molecule has 0 aliphatic rings. The van der Waals surface area contributed by atoms with E-state index in [0.717, 1.165) is 22.0 Å². The number of rotatable bonds is 2. The Labute approximate surface area is 126 Å². The first-order valence-corrected chi connectivity index (χ1v) is 7.00. The van der Waals surface area contributed by atoms with E-state index in [0.29, 0.717) is 17.1 Å². The van der Waals surface area contributed by atoms with Crippen molar-refractivity contribution in [3.63, 3.8) is 0 Å². The number of hydrogen-bond donors (Lipinski definition) is 1. The Morgan fingerprint density at radius 1 is 0.909 bits per heavy atom. The third kappa shape index (κ3) is 2.05. The van der Waals surface area contributed by atoms with Crippen LogP contribution in [0, 0.1) is 6.92 Å². The number of para-hydroxylation sites is 1. The second kappa shape index (κ2) is 4.77. The lowest BCUT2D eigenvalue weighted by Crippen LogP contribution is -1.97. The van der Waals surface area contributed by atoms with Crippen molar-refractivity contribution in [3.8, 4) is 0 Å². The molecule has 0 atom stereocenters. The lowest BCUT2D eigenvalue weighted by molar-refractivity contribution is 0.562. The highest BCUT2D eigenvalue weighted by Gasteiger charge is 2.11. The Bertz CT molecular complexity index is 1030. The minimum Gasteiger partial charge on any atom is -0.440 e. The van der Waals surface area contributed by atoms with Crippen LogP contribution in [0.1, 0.15) is 5.56 Å². The molecule has 0 spiro atoms. The molecule has 0 fully saturated rings. The van der Waals surface area contributed by atoms with Gasteiger partial charge in [-0.3, -0.25) is 0 Å². The van der Waals surface area contributed by atoms with Crippen LogP contribution < -0.4 is 10.9 Å². The van der Waals surface area contributed by atoms with Crippen molar-refractivity contribution in [1.82, 2.24) is 0 Å². The average Bonchev–Trinajstić information content (AvgIpc) is 2.91. The Kier molecular flexibility index (Phi) is 2.76. The third-order valence-corrected chi connectivity index (χ3v) is 3.65. The summed E-state index contributed by atoms with van der Waals surface area (Å²) in [6, 6.07) is 16.9. The van der Waals surface area contributed by atoms with E-state index in [1.807, 2.05) is 55.5 Å². The first-order chi connectivity index (χ1) is 10.7. The van der Waals surface area contributed by atoms with Crippen molar-refractivity contribution in [2.45, 2.75) is 6.92 Å². The van der Waals surface area contributed by atoms with E-state index in [9.17, 15) is 4.79 Å². The van der Waals surface area contributed by atoms with Crippen LogP contribution in [0.15, 0.2) is 68.2 Å². The number of fused-ring (bicyclic) bond motifs is 3. The number of aryl methyl sites for hydroxylation is 1. The van der Waals surface area contributed by atoms with Crippen LogP contribution in [0.2, 0.25) is 0 Å². The van der Waals surface area contributed by atoms with Crippen LogP contribution in [0.25, 0.3) is 21.9 Å². The van der Waals surface area contributed by atoms with Crippen molar-refractivity contribution >= 4 is 33.5 Å². The van der Waals surface area contributed by atoms with Crippen molar-refractivity contribution in [2.75, 3.05) is 5.32 Å². The number of nitrogens with one attached hydrogen (secondary N) is 1. The Morgan fingerprint density at radius 2 is 1.73 bits per heavy atom. The smallest absolute Gasteiger partial charge is 0.336 e. The summed E-state index contributed by atoms with van der Waals surface area (Å²) in [5.41, 5.74) is 2.72. The topological polar surface area (TPSA) is 55.4 Å². The maximum Gasteiger partial charge on any atom is 0.336 e. The van der Waals surface area contributed by atoms with Gasteiger partial charge in [-0.05, 0) is 36.8 Å². The normalized spacial score (nSPS) is 11.1. The Balaban J connectivity index is 1.90. The minimum atomic E-state index is -0.351. The first-order valence-electron chi connectivity index (χ1n) is 7.00. The Hall–Kier alpha value is -3.01. The van der Waals surface area contributed by atoms with Crippen LogP contribution in [0.3, 0.4) is 0 Å². The van der Waals surface area contributed by atoms with Crippen LogP contribution in [-0.2, 0) is 0 Å². The van der Waals surface area contributed by atoms with Gasteiger partial charge in [0.1, 0.15) is 11.2 Å². The molecule has 2 aromatic carbocycles. The van der Waals surface area contributed by atoms with Gasteiger partial charge in [0.15, 0.2) is 5.88 Å². The molecule has 0 bridgehead atoms. The minimum absolute atomic E-state index is 0.351. The molecular formula is C18H13NO3. The molecule has 0 unspecified atom stereocenters. The highest BCUT2D eigenvalue weighted by molar-refractivity contribution is 6.04. The van der Waals surface area contributed by atoms with Crippen molar-refractivity contribution in [3.05, 3.63) is 70.6 Å². The van der Waals surface area contributed by atoms with Gasteiger partial charge in [-0.15, -0.1) is 0 Å². The zero-order valence-electron chi connectivity index (χ0n) is 11.9. The lowest BCUT2D eigenvalue weighted by Gasteiger charge is -2.00. The summed E-state index contributed by atoms with van der Waals surface area (Å²) < 4.78 is 11.2. The summed E-state index contributed by atoms with van der Waals surface area (Å²) in [6.07, 6.45) is 0. The molecule has 0 saturated heterocycles. The van der Waals surface area contributed by atoms with E-state index in [-0.39, 0.29) is 5.63 Å². The van der Waals surface area contributed by atoms with Gasteiger partial charge in [-0.2, -0.15) is 0 Å². The highest BCUT2D eigenvalue weighted by Crippen LogP contribution is 2.32.